The lowest BCUT2D eigenvalue weighted by Crippen LogP contribution is -2.04. The Morgan fingerprint density at radius 3 is 2.88 bits per heavy atom. The van der Waals surface area contributed by atoms with E-state index in [9.17, 15) is 0 Å². The second-order valence-corrected chi connectivity index (χ2v) is 4.15. The molecule has 17 heavy (non-hydrogen) atoms. The molecule has 1 atom stereocenters. The molecule has 0 radical (unpaired) electrons. The van der Waals surface area contributed by atoms with E-state index in [1.165, 1.54) is 5.56 Å². The number of hydrogen-bond donors (Lipinski definition) is 0. The normalized spacial score (nSPS) is 22.5. The van der Waals surface area contributed by atoms with Crippen LogP contribution in [0, 0.1) is 5.92 Å². The summed E-state index contributed by atoms with van der Waals surface area (Å²) in [6.45, 7) is 0.352. The van der Waals surface area contributed by atoms with Crippen molar-refractivity contribution in [3.8, 4) is 0 Å². The number of hydrogen-bond acceptors (Lipinski definition) is 2. The van der Waals surface area contributed by atoms with E-state index >= 15 is 0 Å². The van der Waals surface area contributed by atoms with Crippen molar-refractivity contribution < 1.29 is 9.47 Å². The zero-order valence-corrected chi connectivity index (χ0v) is 9.50. The monoisotopic (exact) mass is 226 g/mol. The minimum atomic E-state index is 0.303. The van der Waals surface area contributed by atoms with E-state index in [4.69, 9.17) is 9.47 Å². The topological polar surface area (TPSA) is 18.5 Å². The molecule has 0 aromatic heterocycles. The van der Waals surface area contributed by atoms with Gasteiger partial charge in [-0.15, -0.1) is 0 Å². The van der Waals surface area contributed by atoms with Gasteiger partial charge in [-0.1, -0.05) is 48.6 Å². The Bertz CT molecular complexity index is 483. The van der Waals surface area contributed by atoms with Crippen LogP contribution in [0.2, 0.25) is 0 Å². The predicted molar refractivity (Wildman–Crippen MR) is 66.8 cm³/mol. The average Bonchev–Trinajstić information content (AvgIpc) is 2.86. The van der Waals surface area contributed by atoms with E-state index in [0.29, 0.717) is 12.7 Å². The van der Waals surface area contributed by atoms with Crippen LogP contribution in [0.1, 0.15) is 12.0 Å². The molecular formula is C15H14O2. The van der Waals surface area contributed by atoms with Crippen molar-refractivity contribution in [2.75, 3.05) is 6.79 Å². The fourth-order valence-electron chi connectivity index (χ4n) is 2.10. The van der Waals surface area contributed by atoms with Crippen LogP contribution in [-0.2, 0) is 9.47 Å². The summed E-state index contributed by atoms with van der Waals surface area (Å²) in [7, 11) is 0. The van der Waals surface area contributed by atoms with Gasteiger partial charge < -0.3 is 9.47 Å². The van der Waals surface area contributed by atoms with Crippen molar-refractivity contribution in [3.05, 3.63) is 65.6 Å². The van der Waals surface area contributed by atoms with Crippen LogP contribution in [0.25, 0.3) is 6.08 Å². The summed E-state index contributed by atoms with van der Waals surface area (Å²) in [5.74, 6) is 2.16. The van der Waals surface area contributed by atoms with Gasteiger partial charge in [-0.05, 0) is 18.1 Å². The molecule has 86 valence electrons. The molecule has 2 nitrogen and oxygen atoms in total. The smallest absolute Gasteiger partial charge is 0.230 e. The first kappa shape index (κ1) is 10.2. The Kier molecular flexibility index (Phi) is 2.70. The molecule has 1 aromatic carbocycles. The number of ether oxygens (including phenoxy) is 2. The van der Waals surface area contributed by atoms with Gasteiger partial charge in [-0.2, -0.15) is 0 Å². The Labute approximate surface area is 101 Å². The van der Waals surface area contributed by atoms with E-state index in [-0.39, 0.29) is 0 Å². The zero-order valence-electron chi connectivity index (χ0n) is 9.50. The van der Waals surface area contributed by atoms with Gasteiger partial charge in [-0.25, -0.2) is 0 Å². The maximum Gasteiger partial charge on any atom is 0.230 e. The largest absolute Gasteiger partial charge is 0.457 e. The molecular weight excluding hydrogens is 212 g/mol. The van der Waals surface area contributed by atoms with Crippen LogP contribution in [0.15, 0.2) is 60.1 Å². The molecule has 1 aliphatic carbocycles. The highest BCUT2D eigenvalue weighted by atomic mass is 16.7. The minimum absolute atomic E-state index is 0.303. The second kappa shape index (κ2) is 4.50. The Hall–Kier alpha value is -1.96. The standard InChI is InChI=1S/C15H14O2/c1-2-5-12(6-3-1)9-10-13-7-4-8-14-15(13)17-11-16-14/h1-6,8-10,13H,7,11H2. The third kappa shape index (κ3) is 2.11. The van der Waals surface area contributed by atoms with Crippen molar-refractivity contribution in [1.29, 1.82) is 0 Å². The summed E-state index contributed by atoms with van der Waals surface area (Å²) in [6, 6.07) is 10.3. The Morgan fingerprint density at radius 1 is 1.12 bits per heavy atom. The molecule has 2 aliphatic rings. The Morgan fingerprint density at radius 2 is 2.00 bits per heavy atom. The Balaban J connectivity index is 1.78. The highest BCUT2D eigenvalue weighted by molar-refractivity contribution is 5.50. The summed E-state index contributed by atoms with van der Waals surface area (Å²) in [5, 5.41) is 0. The maximum atomic E-state index is 5.51. The van der Waals surface area contributed by atoms with E-state index in [1.54, 1.807) is 0 Å². The molecule has 1 unspecified atom stereocenters. The lowest BCUT2D eigenvalue weighted by molar-refractivity contribution is 0.0692. The van der Waals surface area contributed by atoms with Gasteiger partial charge in [0.2, 0.25) is 6.79 Å². The molecule has 1 aromatic rings. The molecule has 2 heteroatoms. The first-order chi connectivity index (χ1) is 8.43. The van der Waals surface area contributed by atoms with E-state index < -0.39 is 0 Å². The van der Waals surface area contributed by atoms with Crippen molar-refractivity contribution in [2.45, 2.75) is 6.42 Å². The minimum Gasteiger partial charge on any atom is -0.457 e. The predicted octanol–water partition coefficient (Wildman–Crippen LogP) is 3.49. The molecule has 3 rings (SSSR count). The van der Waals surface area contributed by atoms with Gasteiger partial charge in [-0.3, -0.25) is 0 Å². The molecule has 1 heterocycles. The molecule has 0 amide bonds. The van der Waals surface area contributed by atoms with Gasteiger partial charge in [0, 0.05) is 5.92 Å². The van der Waals surface area contributed by atoms with Crippen LogP contribution >= 0.6 is 0 Å². The summed E-state index contributed by atoms with van der Waals surface area (Å²) in [6.07, 6.45) is 9.42. The maximum absolute atomic E-state index is 5.51. The molecule has 0 spiro atoms. The molecule has 0 fully saturated rings. The number of rotatable bonds is 2. The summed E-state index contributed by atoms with van der Waals surface area (Å²) in [4.78, 5) is 0. The molecule has 0 saturated carbocycles. The van der Waals surface area contributed by atoms with Gasteiger partial charge in [0.15, 0.2) is 5.76 Å². The molecule has 0 saturated heterocycles. The van der Waals surface area contributed by atoms with Crippen LogP contribution in [-0.4, -0.2) is 6.79 Å². The van der Waals surface area contributed by atoms with Crippen LogP contribution < -0.4 is 0 Å². The quantitative estimate of drug-likeness (QED) is 0.768. The third-order valence-corrected chi connectivity index (χ3v) is 2.99. The van der Waals surface area contributed by atoms with Crippen LogP contribution in [0.4, 0.5) is 0 Å². The summed E-state index contributed by atoms with van der Waals surface area (Å²) >= 11 is 0. The van der Waals surface area contributed by atoms with E-state index in [0.717, 1.165) is 17.9 Å². The van der Waals surface area contributed by atoms with Gasteiger partial charge >= 0.3 is 0 Å². The summed E-state index contributed by atoms with van der Waals surface area (Å²) in [5.41, 5.74) is 1.21. The van der Waals surface area contributed by atoms with E-state index in [1.807, 2.05) is 24.3 Å². The second-order valence-electron chi connectivity index (χ2n) is 4.15. The highest BCUT2D eigenvalue weighted by Crippen LogP contribution is 2.32. The van der Waals surface area contributed by atoms with Crippen molar-refractivity contribution >= 4 is 6.08 Å². The SMILES string of the molecule is C1=CC2=C(OCO2)C(C=Cc2ccccc2)C1. The number of benzene rings is 1. The van der Waals surface area contributed by atoms with Gasteiger partial charge in [0.1, 0.15) is 5.76 Å². The fraction of sp³-hybridized carbons (Fsp3) is 0.200. The first-order valence-electron chi connectivity index (χ1n) is 5.83. The lowest BCUT2D eigenvalue weighted by Gasteiger charge is -2.14. The van der Waals surface area contributed by atoms with Crippen LogP contribution in [0.3, 0.4) is 0 Å². The van der Waals surface area contributed by atoms with Crippen molar-refractivity contribution in [2.24, 2.45) is 5.92 Å². The lowest BCUT2D eigenvalue weighted by atomic mass is 9.96. The third-order valence-electron chi connectivity index (χ3n) is 2.99. The number of allylic oxidation sites excluding steroid dienone is 3. The van der Waals surface area contributed by atoms with Crippen molar-refractivity contribution in [1.82, 2.24) is 0 Å². The van der Waals surface area contributed by atoms with Crippen LogP contribution in [0.5, 0.6) is 0 Å². The average molecular weight is 226 g/mol. The first-order valence-corrected chi connectivity index (χ1v) is 5.83. The van der Waals surface area contributed by atoms with E-state index in [2.05, 4.69) is 30.4 Å². The molecule has 0 bridgehead atoms. The highest BCUT2D eigenvalue weighted by Gasteiger charge is 2.24. The van der Waals surface area contributed by atoms with Gasteiger partial charge in [0.05, 0.1) is 0 Å². The summed E-state index contributed by atoms with van der Waals surface area (Å²) < 4.78 is 10.9. The van der Waals surface area contributed by atoms with Gasteiger partial charge in [0.25, 0.3) is 0 Å². The zero-order chi connectivity index (χ0) is 11.5. The fourth-order valence-corrected chi connectivity index (χ4v) is 2.10. The molecule has 1 aliphatic heterocycles. The van der Waals surface area contributed by atoms with Crippen molar-refractivity contribution in [3.63, 3.8) is 0 Å². The molecule has 0 N–H and O–H groups in total.